The average molecular weight is 341 g/mol. The third-order valence-electron chi connectivity index (χ3n) is 3.38. The maximum Gasteiger partial charge on any atom is 0.328 e. The van der Waals surface area contributed by atoms with Crippen LogP contribution in [0.5, 0.6) is 0 Å². The highest BCUT2D eigenvalue weighted by Gasteiger charge is 2.29. The van der Waals surface area contributed by atoms with Crippen molar-refractivity contribution < 1.29 is 24.6 Å². The van der Waals surface area contributed by atoms with Gasteiger partial charge in [0, 0.05) is 18.3 Å². The van der Waals surface area contributed by atoms with Crippen LogP contribution in [0.3, 0.4) is 0 Å². The number of carbonyl (C=O) groups is 3. The Labute approximate surface area is 138 Å². The molecule has 134 valence electrons. The topological polar surface area (TPSA) is 170 Å². The lowest BCUT2D eigenvalue weighted by Crippen LogP contribution is -2.57. The molecule has 1 aromatic rings. The molecule has 0 radical (unpaired) electrons. The zero-order valence-electron chi connectivity index (χ0n) is 13.5. The molecule has 3 atom stereocenters. The summed E-state index contributed by atoms with van der Waals surface area (Å²) in [4.78, 5) is 41.9. The van der Waals surface area contributed by atoms with Crippen molar-refractivity contribution in [3.63, 3.8) is 0 Å². The molecule has 0 aliphatic heterocycles. The number of aliphatic carboxylic acids is 1. The van der Waals surface area contributed by atoms with Crippen LogP contribution in [0.1, 0.15) is 19.5 Å². The summed E-state index contributed by atoms with van der Waals surface area (Å²) in [6.45, 7) is 2.64. The van der Waals surface area contributed by atoms with Crippen molar-refractivity contribution in [1.29, 1.82) is 0 Å². The molecule has 10 nitrogen and oxygen atoms in total. The quantitative estimate of drug-likeness (QED) is 0.301. The Morgan fingerprint density at radius 3 is 2.42 bits per heavy atom. The normalized spacial score (nSPS) is 14.7. The van der Waals surface area contributed by atoms with Crippen molar-refractivity contribution in [2.75, 3.05) is 6.61 Å². The first-order chi connectivity index (χ1) is 11.3. The fourth-order valence-corrected chi connectivity index (χ4v) is 1.97. The number of H-pyrrole nitrogens is 1. The molecule has 24 heavy (non-hydrogen) atoms. The first-order valence-electron chi connectivity index (χ1n) is 7.43. The largest absolute Gasteiger partial charge is 0.480 e. The Kier molecular flexibility index (Phi) is 7.33. The van der Waals surface area contributed by atoms with E-state index < -0.39 is 42.5 Å². The molecule has 0 bridgehead atoms. The molecule has 2 amide bonds. The van der Waals surface area contributed by atoms with E-state index >= 15 is 0 Å². The molecule has 7 N–H and O–H groups in total. The minimum absolute atomic E-state index is 0.215. The lowest BCUT2D eigenvalue weighted by atomic mass is 10.0. The van der Waals surface area contributed by atoms with Gasteiger partial charge in [0.05, 0.1) is 19.0 Å². The standard InChI is InChI=1S/C14H23N5O5/c1-7(2)11(13(22)18-10(5-20)14(23)24)19-12(21)9(15)3-8-4-16-6-17-8/h4,6-7,9-11,20H,3,5,15H2,1-2H3,(H,16,17)(H,18,22)(H,19,21)(H,23,24)/t9-,10-,11-/m0/s1. The van der Waals surface area contributed by atoms with Crippen LogP contribution in [0.15, 0.2) is 12.5 Å². The van der Waals surface area contributed by atoms with Gasteiger partial charge in [-0.15, -0.1) is 0 Å². The van der Waals surface area contributed by atoms with Gasteiger partial charge in [0.1, 0.15) is 12.1 Å². The summed E-state index contributed by atoms with van der Waals surface area (Å²) in [5, 5.41) is 22.5. The van der Waals surface area contributed by atoms with Gasteiger partial charge in [-0.1, -0.05) is 13.8 Å². The van der Waals surface area contributed by atoms with Gasteiger partial charge >= 0.3 is 5.97 Å². The Balaban J connectivity index is 2.68. The zero-order chi connectivity index (χ0) is 18.3. The summed E-state index contributed by atoms with van der Waals surface area (Å²) >= 11 is 0. The second-order valence-electron chi connectivity index (χ2n) is 5.70. The number of aromatic amines is 1. The number of carboxylic acids is 1. The predicted octanol–water partition coefficient (Wildman–Crippen LogP) is -2.02. The maximum absolute atomic E-state index is 12.2. The Bertz CT molecular complexity index is 560. The number of carboxylic acid groups (broad SMARTS) is 1. The molecule has 0 saturated heterocycles. The van der Waals surface area contributed by atoms with Gasteiger partial charge in [-0.3, -0.25) is 9.59 Å². The third kappa shape index (κ3) is 5.63. The number of aromatic nitrogens is 2. The monoisotopic (exact) mass is 341 g/mol. The summed E-state index contributed by atoms with van der Waals surface area (Å²) in [6, 6.07) is -3.30. The number of nitrogens with zero attached hydrogens (tertiary/aromatic N) is 1. The lowest BCUT2D eigenvalue weighted by Gasteiger charge is -2.24. The molecular formula is C14H23N5O5. The van der Waals surface area contributed by atoms with Gasteiger partial charge in [-0.25, -0.2) is 9.78 Å². The van der Waals surface area contributed by atoms with Crippen molar-refractivity contribution >= 4 is 17.8 Å². The summed E-state index contributed by atoms with van der Waals surface area (Å²) in [6.07, 6.45) is 3.22. The van der Waals surface area contributed by atoms with E-state index in [0.717, 1.165) is 0 Å². The molecule has 0 aromatic carbocycles. The minimum atomic E-state index is -1.44. The highest BCUT2D eigenvalue weighted by atomic mass is 16.4. The van der Waals surface area contributed by atoms with E-state index in [-0.39, 0.29) is 12.3 Å². The van der Waals surface area contributed by atoms with Crippen molar-refractivity contribution in [3.8, 4) is 0 Å². The van der Waals surface area contributed by atoms with E-state index in [4.69, 9.17) is 15.9 Å². The van der Waals surface area contributed by atoms with Gasteiger partial charge in [0.15, 0.2) is 0 Å². The van der Waals surface area contributed by atoms with E-state index in [1.807, 2.05) is 0 Å². The third-order valence-corrected chi connectivity index (χ3v) is 3.38. The fraction of sp³-hybridized carbons (Fsp3) is 0.571. The van der Waals surface area contributed by atoms with Crippen LogP contribution >= 0.6 is 0 Å². The van der Waals surface area contributed by atoms with Crippen LogP contribution < -0.4 is 16.4 Å². The van der Waals surface area contributed by atoms with Gasteiger partial charge in [-0.05, 0) is 5.92 Å². The molecule has 0 unspecified atom stereocenters. The van der Waals surface area contributed by atoms with Crippen molar-refractivity contribution in [2.24, 2.45) is 11.7 Å². The number of aliphatic hydroxyl groups is 1. The molecule has 1 rings (SSSR count). The van der Waals surface area contributed by atoms with Crippen LogP contribution in [0.4, 0.5) is 0 Å². The number of hydrogen-bond acceptors (Lipinski definition) is 6. The first kappa shape index (κ1) is 19.6. The number of aliphatic hydroxyl groups excluding tert-OH is 1. The van der Waals surface area contributed by atoms with Crippen molar-refractivity contribution in [2.45, 2.75) is 38.4 Å². The molecule has 1 aromatic heterocycles. The van der Waals surface area contributed by atoms with E-state index in [1.54, 1.807) is 20.0 Å². The fourth-order valence-electron chi connectivity index (χ4n) is 1.97. The lowest BCUT2D eigenvalue weighted by molar-refractivity contribution is -0.143. The second kappa shape index (κ2) is 8.99. The summed E-state index contributed by atoms with van der Waals surface area (Å²) in [7, 11) is 0. The molecule has 1 heterocycles. The second-order valence-corrected chi connectivity index (χ2v) is 5.70. The first-order valence-corrected chi connectivity index (χ1v) is 7.43. The highest BCUT2D eigenvalue weighted by molar-refractivity contribution is 5.92. The van der Waals surface area contributed by atoms with Gasteiger partial charge in [-0.2, -0.15) is 0 Å². The Morgan fingerprint density at radius 2 is 1.96 bits per heavy atom. The minimum Gasteiger partial charge on any atom is -0.480 e. The number of hydrogen-bond donors (Lipinski definition) is 6. The van der Waals surface area contributed by atoms with Gasteiger partial charge in [0.25, 0.3) is 0 Å². The van der Waals surface area contributed by atoms with Crippen molar-refractivity contribution in [1.82, 2.24) is 20.6 Å². The Morgan fingerprint density at radius 1 is 1.29 bits per heavy atom. The smallest absolute Gasteiger partial charge is 0.328 e. The highest BCUT2D eigenvalue weighted by Crippen LogP contribution is 2.04. The van der Waals surface area contributed by atoms with E-state index in [1.165, 1.54) is 6.33 Å². The SMILES string of the molecule is CC(C)[C@H](NC(=O)[C@@H](N)Cc1cnc[nH]1)C(=O)N[C@@H](CO)C(=O)O. The number of nitrogens with two attached hydrogens (primary N) is 1. The van der Waals surface area contributed by atoms with E-state index in [2.05, 4.69) is 20.6 Å². The summed E-state index contributed by atoms with van der Waals surface area (Å²) < 4.78 is 0. The van der Waals surface area contributed by atoms with Crippen LogP contribution in [-0.2, 0) is 20.8 Å². The maximum atomic E-state index is 12.2. The van der Waals surface area contributed by atoms with Gasteiger partial charge in [0.2, 0.25) is 11.8 Å². The number of imidazole rings is 1. The summed E-state index contributed by atoms with van der Waals surface area (Å²) in [5.74, 6) is -2.92. The van der Waals surface area contributed by atoms with Crippen molar-refractivity contribution in [3.05, 3.63) is 18.2 Å². The molecule has 0 aliphatic rings. The van der Waals surface area contributed by atoms with Crippen LogP contribution in [0.25, 0.3) is 0 Å². The number of nitrogens with one attached hydrogen (secondary N) is 3. The van der Waals surface area contributed by atoms with E-state index in [9.17, 15) is 14.4 Å². The van der Waals surface area contributed by atoms with E-state index in [0.29, 0.717) is 5.69 Å². The summed E-state index contributed by atoms with van der Waals surface area (Å²) in [5.41, 5.74) is 6.48. The average Bonchev–Trinajstić information content (AvgIpc) is 3.01. The van der Waals surface area contributed by atoms with Crippen LogP contribution in [-0.4, -0.2) is 62.7 Å². The molecular weight excluding hydrogens is 318 g/mol. The molecule has 10 heteroatoms. The predicted molar refractivity (Wildman–Crippen MR) is 83.7 cm³/mol. The number of carbonyl (C=O) groups excluding carboxylic acids is 2. The zero-order valence-corrected chi connectivity index (χ0v) is 13.5. The Hall–Kier alpha value is -2.46. The molecule has 0 aliphatic carbocycles. The van der Waals surface area contributed by atoms with Crippen LogP contribution in [0, 0.1) is 5.92 Å². The van der Waals surface area contributed by atoms with Crippen LogP contribution in [0.2, 0.25) is 0 Å². The number of amides is 2. The van der Waals surface area contributed by atoms with Gasteiger partial charge < -0.3 is 31.6 Å². The molecule has 0 saturated carbocycles. The molecule has 0 fully saturated rings. The number of rotatable bonds is 9. The molecule has 0 spiro atoms.